The standard InChI is InChI=1S/C28H30N3.2ClH/c1-3-9-22(10-4-1)19-27-28-21-29-15-17-31(28,18-16-30-27)26(23-11-5-2-6-12-23)20-24-13-7-8-14-25(24)28;;/h1-7,9-14,20-21,26-27,30H,8,15-19H2;2*1H/q+1;;/t26?,27?,28-,31+;;/m0../s1. The van der Waals surface area contributed by atoms with Crippen LogP contribution < -0.4 is 5.32 Å². The molecule has 0 spiro atoms. The maximum Gasteiger partial charge on any atom is 0.177 e. The lowest BCUT2D eigenvalue weighted by molar-refractivity contribution is -0.987. The molecule has 0 amide bonds. The van der Waals surface area contributed by atoms with Crippen molar-refractivity contribution in [2.24, 2.45) is 4.99 Å². The maximum atomic E-state index is 4.97. The number of hydrogen-bond acceptors (Lipinski definition) is 2. The zero-order valence-electron chi connectivity index (χ0n) is 18.8. The van der Waals surface area contributed by atoms with Crippen LogP contribution in [0.2, 0.25) is 0 Å². The van der Waals surface area contributed by atoms with E-state index in [-0.39, 0.29) is 30.4 Å². The summed E-state index contributed by atoms with van der Waals surface area (Å²) in [7, 11) is 0. The number of nitrogens with one attached hydrogen (secondary N) is 1. The van der Waals surface area contributed by atoms with E-state index in [4.69, 9.17) is 4.99 Å². The molecule has 0 saturated carbocycles. The average molecular weight is 481 g/mol. The number of allylic oxidation sites excluding steroid dienone is 3. The van der Waals surface area contributed by atoms with Crippen LogP contribution in [0.5, 0.6) is 0 Å². The van der Waals surface area contributed by atoms with Crippen LogP contribution in [0.4, 0.5) is 0 Å². The van der Waals surface area contributed by atoms with E-state index in [2.05, 4.69) is 96.5 Å². The molecule has 2 unspecified atom stereocenters. The Labute approximate surface area is 209 Å². The number of aliphatic imine (C=N–C) groups is 1. The molecule has 5 heteroatoms. The highest BCUT2D eigenvalue weighted by atomic mass is 35.5. The molecule has 4 atom stereocenters. The summed E-state index contributed by atoms with van der Waals surface area (Å²) in [6.45, 7) is 4.17. The third kappa shape index (κ3) is 3.63. The van der Waals surface area contributed by atoms with Crippen LogP contribution in [0.1, 0.15) is 23.6 Å². The molecule has 2 aromatic rings. The SMILES string of the molecule is C1=CC2=CC(c3ccccc3)[N@+]34CCN=C[C@]3(C2=CC1)C(Cc1ccccc1)NCC4.Cl.Cl. The second kappa shape index (κ2) is 9.60. The molecule has 1 saturated heterocycles. The van der Waals surface area contributed by atoms with E-state index < -0.39 is 0 Å². The van der Waals surface area contributed by atoms with Gasteiger partial charge in [0.25, 0.3) is 0 Å². The predicted octanol–water partition coefficient (Wildman–Crippen LogP) is 5.25. The first-order valence-corrected chi connectivity index (χ1v) is 11.6. The van der Waals surface area contributed by atoms with Gasteiger partial charge in [-0.25, -0.2) is 0 Å². The van der Waals surface area contributed by atoms with Crippen molar-refractivity contribution in [3.8, 4) is 0 Å². The highest BCUT2D eigenvalue weighted by Gasteiger charge is 2.65. The minimum Gasteiger partial charge on any atom is -0.302 e. The smallest absolute Gasteiger partial charge is 0.177 e. The van der Waals surface area contributed by atoms with Crippen molar-refractivity contribution in [2.45, 2.75) is 30.5 Å². The van der Waals surface area contributed by atoms with Gasteiger partial charge in [0.1, 0.15) is 12.6 Å². The van der Waals surface area contributed by atoms with Crippen molar-refractivity contribution in [1.82, 2.24) is 5.32 Å². The van der Waals surface area contributed by atoms with Crippen LogP contribution in [0.25, 0.3) is 0 Å². The Hall–Kier alpha value is -2.17. The maximum absolute atomic E-state index is 4.97. The Morgan fingerprint density at radius 3 is 2.52 bits per heavy atom. The van der Waals surface area contributed by atoms with Crippen LogP contribution in [-0.4, -0.2) is 48.5 Å². The summed E-state index contributed by atoms with van der Waals surface area (Å²) >= 11 is 0. The van der Waals surface area contributed by atoms with Crippen molar-refractivity contribution in [1.29, 1.82) is 0 Å². The second-order valence-electron chi connectivity index (χ2n) is 9.27. The summed E-state index contributed by atoms with van der Waals surface area (Å²) in [4.78, 5) is 4.97. The van der Waals surface area contributed by atoms with E-state index in [0.29, 0.717) is 12.1 Å². The molecular formula is C28H32Cl2N3+. The molecular weight excluding hydrogens is 449 g/mol. The highest BCUT2D eigenvalue weighted by molar-refractivity contribution is 5.85. The number of nitrogens with zero attached hydrogens (tertiary/aromatic N) is 2. The van der Waals surface area contributed by atoms with E-state index >= 15 is 0 Å². The van der Waals surface area contributed by atoms with Crippen molar-refractivity contribution in [3.05, 3.63) is 107 Å². The molecule has 1 fully saturated rings. The molecule has 0 aromatic heterocycles. The highest BCUT2D eigenvalue weighted by Crippen LogP contribution is 2.53. The van der Waals surface area contributed by atoms with E-state index in [1.54, 1.807) is 0 Å². The van der Waals surface area contributed by atoms with Gasteiger partial charge >= 0.3 is 0 Å². The number of halogens is 2. The largest absolute Gasteiger partial charge is 0.302 e. The van der Waals surface area contributed by atoms with Crippen molar-refractivity contribution >= 4 is 31.0 Å². The van der Waals surface area contributed by atoms with Crippen LogP contribution in [0.15, 0.2) is 101 Å². The van der Waals surface area contributed by atoms with Gasteiger partial charge in [-0.05, 0) is 30.1 Å². The summed E-state index contributed by atoms with van der Waals surface area (Å²) in [6, 6.07) is 22.8. The molecule has 2 aromatic carbocycles. The molecule has 172 valence electrons. The second-order valence-corrected chi connectivity index (χ2v) is 9.27. The molecule has 6 rings (SSSR count). The zero-order valence-corrected chi connectivity index (χ0v) is 20.4. The van der Waals surface area contributed by atoms with Crippen LogP contribution in [0.3, 0.4) is 0 Å². The van der Waals surface area contributed by atoms with E-state index in [9.17, 15) is 0 Å². The Morgan fingerprint density at radius 2 is 1.73 bits per heavy atom. The minimum absolute atomic E-state index is 0. The van der Waals surface area contributed by atoms with Crippen molar-refractivity contribution in [2.75, 3.05) is 26.2 Å². The summed E-state index contributed by atoms with van der Waals surface area (Å²) in [6.07, 6.45) is 14.1. The van der Waals surface area contributed by atoms with E-state index in [1.165, 1.54) is 22.3 Å². The van der Waals surface area contributed by atoms with Gasteiger partial charge in [0.05, 0.1) is 25.3 Å². The van der Waals surface area contributed by atoms with Gasteiger partial charge in [0.15, 0.2) is 5.54 Å². The van der Waals surface area contributed by atoms with Crippen LogP contribution in [0, 0.1) is 0 Å². The van der Waals surface area contributed by atoms with Gasteiger partial charge in [0.2, 0.25) is 0 Å². The van der Waals surface area contributed by atoms with Crippen LogP contribution >= 0.6 is 24.8 Å². The van der Waals surface area contributed by atoms with Gasteiger partial charge in [-0.1, -0.05) is 78.9 Å². The number of benzene rings is 2. The fraction of sp³-hybridized carbons (Fsp3) is 0.321. The number of fused-ring (bicyclic) bond motifs is 1. The summed E-state index contributed by atoms with van der Waals surface area (Å²) in [5, 5.41) is 3.96. The van der Waals surface area contributed by atoms with E-state index in [0.717, 1.165) is 43.5 Å². The summed E-state index contributed by atoms with van der Waals surface area (Å²) in [5.74, 6) is 0. The van der Waals surface area contributed by atoms with Crippen molar-refractivity contribution < 1.29 is 4.48 Å². The fourth-order valence-corrected chi connectivity index (χ4v) is 6.59. The molecule has 3 aliphatic heterocycles. The number of rotatable bonds is 3. The Bertz CT molecular complexity index is 1090. The fourth-order valence-electron chi connectivity index (χ4n) is 6.59. The molecule has 4 aliphatic rings. The van der Waals surface area contributed by atoms with Gasteiger partial charge in [-0.15, -0.1) is 24.8 Å². The summed E-state index contributed by atoms with van der Waals surface area (Å²) in [5.41, 5.74) is 5.56. The monoisotopic (exact) mass is 480 g/mol. The Morgan fingerprint density at radius 1 is 0.970 bits per heavy atom. The first kappa shape index (κ1) is 24.0. The van der Waals surface area contributed by atoms with E-state index in [1.807, 2.05) is 0 Å². The average Bonchev–Trinajstić information content (AvgIpc) is 2.84. The molecule has 33 heavy (non-hydrogen) atoms. The lowest BCUT2D eigenvalue weighted by Crippen LogP contribution is -2.81. The molecule has 3 heterocycles. The molecule has 1 N–H and O–H groups in total. The molecule has 0 radical (unpaired) electrons. The number of quaternary nitrogens is 1. The van der Waals surface area contributed by atoms with Gasteiger partial charge < -0.3 is 5.32 Å². The summed E-state index contributed by atoms with van der Waals surface area (Å²) < 4.78 is 1.06. The topological polar surface area (TPSA) is 24.4 Å². The third-order valence-corrected chi connectivity index (χ3v) is 7.88. The zero-order chi connectivity index (χ0) is 20.7. The van der Waals surface area contributed by atoms with Gasteiger partial charge in [-0.3, -0.25) is 9.48 Å². The quantitative estimate of drug-likeness (QED) is 0.595. The van der Waals surface area contributed by atoms with Crippen LogP contribution in [-0.2, 0) is 6.42 Å². The number of hydrogen-bond donors (Lipinski definition) is 1. The Balaban J connectivity index is 0.00000130. The lowest BCUT2D eigenvalue weighted by atomic mass is 9.66. The number of piperazine rings is 1. The van der Waals surface area contributed by atoms with Crippen molar-refractivity contribution in [3.63, 3.8) is 0 Å². The normalized spacial score (nSPS) is 31.5. The van der Waals surface area contributed by atoms with Gasteiger partial charge in [0, 0.05) is 17.7 Å². The minimum atomic E-state index is -0.137. The van der Waals surface area contributed by atoms with Gasteiger partial charge in [-0.2, -0.15) is 0 Å². The predicted molar refractivity (Wildman–Crippen MR) is 142 cm³/mol. The first-order chi connectivity index (χ1) is 15.3. The molecule has 0 bridgehead atoms. The first-order valence-electron chi connectivity index (χ1n) is 11.6. The molecule has 1 aliphatic carbocycles. The Kier molecular flexibility index (Phi) is 6.97. The third-order valence-electron chi connectivity index (χ3n) is 7.88. The lowest BCUT2D eigenvalue weighted by Gasteiger charge is -2.64. The molecule has 3 nitrogen and oxygen atoms in total.